The molecule has 5 rings (SSSR count). The average Bonchev–Trinajstić information content (AvgIpc) is 3.14. The maximum absolute atomic E-state index is 13.4. The van der Waals surface area contributed by atoms with Gasteiger partial charge < -0.3 is 14.6 Å². The highest BCUT2D eigenvalue weighted by atomic mass is 35.5. The Morgan fingerprint density at radius 1 is 1.11 bits per heavy atom. The van der Waals surface area contributed by atoms with Gasteiger partial charge in [-0.3, -0.25) is 14.5 Å². The van der Waals surface area contributed by atoms with E-state index in [2.05, 4.69) is 0 Å². The molecular weight excluding hydrogens is 466 g/mol. The van der Waals surface area contributed by atoms with Crippen molar-refractivity contribution in [3.63, 3.8) is 0 Å². The Hall–Kier alpha value is -3.77. The van der Waals surface area contributed by atoms with Crippen molar-refractivity contribution in [1.29, 1.82) is 0 Å². The number of carbonyl (C=O) groups is 2. The van der Waals surface area contributed by atoms with Gasteiger partial charge in [-0.25, -0.2) is 0 Å². The van der Waals surface area contributed by atoms with E-state index in [4.69, 9.17) is 21.1 Å². The van der Waals surface area contributed by atoms with Gasteiger partial charge in [-0.05, 0) is 79.4 Å². The highest BCUT2D eigenvalue weighted by Gasteiger charge is 2.47. The lowest BCUT2D eigenvalue weighted by atomic mass is 9.93. The van der Waals surface area contributed by atoms with E-state index in [1.165, 1.54) is 4.90 Å². The summed E-state index contributed by atoms with van der Waals surface area (Å²) in [5, 5.41) is 11.8. The van der Waals surface area contributed by atoms with Crippen molar-refractivity contribution in [3.05, 3.63) is 94.0 Å². The second kappa shape index (κ2) is 9.47. The van der Waals surface area contributed by atoms with E-state index in [0.717, 1.165) is 24.2 Å². The van der Waals surface area contributed by atoms with Crippen LogP contribution in [0.4, 0.5) is 5.69 Å². The van der Waals surface area contributed by atoms with E-state index in [-0.39, 0.29) is 11.3 Å². The third kappa shape index (κ3) is 4.26. The number of halogens is 1. The fraction of sp³-hybridized carbons (Fsp3) is 0.214. The van der Waals surface area contributed by atoms with E-state index in [0.29, 0.717) is 40.8 Å². The highest BCUT2D eigenvalue weighted by Crippen LogP contribution is 2.43. The zero-order chi connectivity index (χ0) is 24.5. The third-order valence-electron chi connectivity index (χ3n) is 6.20. The molecular formula is C28H24ClNO5. The number of amides is 1. The van der Waals surface area contributed by atoms with Crippen LogP contribution in [0.3, 0.4) is 0 Å². The number of Topliss-reactive ketones (excluding diaryl/α,β-unsaturated/α-hetero) is 1. The number of aliphatic hydroxyl groups is 1. The van der Waals surface area contributed by atoms with Gasteiger partial charge in [0, 0.05) is 16.3 Å². The molecule has 1 fully saturated rings. The Balaban J connectivity index is 1.69. The SMILES string of the molecule is CCOc1cccc(C2/C(=C(/O)c3ccc4c(c3)CCCO4)C(=O)C(=O)N2c2cccc(Cl)c2)c1. The minimum absolute atomic E-state index is 0.0142. The van der Waals surface area contributed by atoms with Crippen LogP contribution in [-0.2, 0) is 16.0 Å². The van der Waals surface area contributed by atoms with E-state index >= 15 is 0 Å². The first-order valence-corrected chi connectivity index (χ1v) is 11.9. The largest absolute Gasteiger partial charge is 0.507 e. The molecule has 0 spiro atoms. The zero-order valence-electron chi connectivity index (χ0n) is 19.2. The molecule has 6 nitrogen and oxygen atoms in total. The molecule has 1 amide bonds. The number of nitrogens with zero attached hydrogens (tertiary/aromatic N) is 1. The number of hydrogen-bond donors (Lipinski definition) is 1. The summed E-state index contributed by atoms with van der Waals surface area (Å²) in [5.74, 6) is -0.348. The maximum atomic E-state index is 13.4. The summed E-state index contributed by atoms with van der Waals surface area (Å²) in [5.41, 5.74) is 2.53. The van der Waals surface area contributed by atoms with E-state index in [9.17, 15) is 14.7 Å². The molecule has 1 N–H and O–H groups in total. The predicted molar refractivity (Wildman–Crippen MR) is 134 cm³/mol. The van der Waals surface area contributed by atoms with Crippen molar-refractivity contribution in [1.82, 2.24) is 0 Å². The molecule has 2 aliphatic rings. The van der Waals surface area contributed by atoms with Crippen molar-refractivity contribution >= 4 is 34.7 Å². The van der Waals surface area contributed by atoms with Gasteiger partial charge in [0.1, 0.15) is 17.3 Å². The van der Waals surface area contributed by atoms with Crippen molar-refractivity contribution in [2.24, 2.45) is 0 Å². The summed E-state index contributed by atoms with van der Waals surface area (Å²) in [6, 6.07) is 18.4. The van der Waals surface area contributed by atoms with Gasteiger partial charge in [0.2, 0.25) is 0 Å². The Kier molecular flexibility index (Phi) is 6.22. The number of fused-ring (bicyclic) bond motifs is 1. The summed E-state index contributed by atoms with van der Waals surface area (Å²) in [4.78, 5) is 28.1. The normalized spacial score (nSPS) is 18.8. The van der Waals surface area contributed by atoms with Gasteiger partial charge in [-0.2, -0.15) is 0 Å². The second-order valence-corrected chi connectivity index (χ2v) is 8.87. The molecule has 178 valence electrons. The molecule has 0 saturated carbocycles. The number of hydrogen-bond acceptors (Lipinski definition) is 5. The van der Waals surface area contributed by atoms with Crippen LogP contribution in [0.1, 0.15) is 36.1 Å². The molecule has 0 bridgehead atoms. The molecule has 7 heteroatoms. The smallest absolute Gasteiger partial charge is 0.300 e. The standard InChI is InChI=1S/C28H24ClNO5/c1-2-34-22-10-3-6-18(15-22)25-24(26(31)19-11-12-23-17(14-19)7-5-13-35-23)27(32)28(33)30(25)21-9-4-8-20(29)16-21/h3-4,6,8-12,14-16,25,31H,2,5,7,13H2,1H3/b26-24-. The number of ketones is 1. The Morgan fingerprint density at radius 3 is 2.74 bits per heavy atom. The van der Waals surface area contributed by atoms with Crippen LogP contribution in [0.15, 0.2) is 72.3 Å². The first kappa shape index (κ1) is 23.0. The number of rotatable bonds is 5. The van der Waals surface area contributed by atoms with Crippen molar-refractivity contribution in [2.75, 3.05) is 18.1 Å². The summed E-state index contributed by atoms with van der Waals surface area (Å²) in [6.45, 7) is 3.00. The molecule has 2 aliphatic heterocycles. The van der Waals surface area contributed by atoms with Crippen LogP contribution in [0.25, 0.3) is 5.76 Å². The van der Waals surface area contributed by atoms with Crippen molar-refractivity contribution in [2.45, 2.75) is 25.8 Å². The zero-order valence-corrected chi connectivity index (χ0v) is 19.9. The van der Waals surface area contributed by atoms with Crippen LogP contribution < -0.4 is 14.4 Å². The van der Waals surface area contributed by atoms with Crippen LogP contribution >= 0.6 is 11.6 Å². The summed E-state index contributed by atoms with van der Waals surface area (Å²) in [6.07, 6.45) is 1.69. The molecule has 0 aromatic heterocycles. The van der Waals surface area contributed by atoms with Crippen LogP contribution in [-0.4, -0.2) is 30.0 Å². The topological polar surface area (TPSA) is 76.1 Å². The van der Waals surface area contributed by atoms with Gasteiger partial charge in [-0.15, -0.1) is 0 Å². The fourth-order valence-electron chi connectivity index (χ4n) is 4.64. The van der Waals surface area contributed by atoms with Crippen LogP contribution in [0, 0.1) is 0 Å². The molecule has 1 unspecified atom stereocenters. The second-order valence-electron chi connectivity index (χ2n) is 8.43. The van der Waals surface area contributed by atoms with Gasteiger partial charge in [0.15, 0.2) is 0 Å². The van der Waals surface area contributed by atoms with Gasteiger partial charge >= 0.3 is 0 Å². The summed E-state index contributed by atoms with van der Waals surface area (Å²) >= 11 is 6.21. The number of aliphatic hydroxyl groups excluding tert-OH is 1. The van der Waals surface area contributed by atoms with Crippen molar-refractivity contribution < 1.29 is 24.2 Å². The lowest BCUT2D eigenvalue weighted by Gasteiger charge is -2.26. The van der Waals surface area contributed by atoms with Gasteiger partial charge in [-0.1, -0.05) is 29.8 Å². The third-order valence-corrected chi connectivity index (χ3v) is 6.43. The van der Waals surface area contributed by atoms with Gasteiger partial charge in [0.25, 0.3) is 11.7 Å². The predicted octanol–water partition coefficient (Wildman–Crippen LogP) is 5.69. The lowest BCUT2D eigenvalue weighted by molar-refractivity contribution is -0.132. The minimum Gasteiger partial charge on any atom is -0.507 e. The Morgan fingerprint density at radius 2 is 1.94 bits per heavy atom. The van der Waals surface area contributed by atoms with E-state index < -0.39 is 17.7 Å². The monoisotopic (exact) mass is 489 g/mol. The molecule has 35 heavy (non-hydrogen) atoms. The first-order valence-electron chi connectivity index (χ1n) is 11.5. The minimum atomic E-state index is -0.860. The van der Waals surface area contributed by atoms with Gasteiger partial charge in [0.05, 0.1) is 24.8 Å². The van der Waals surface area contributed by atoms with Crippen molar-refractivity contribution in [3.8, 4) is 11.5 Å². The van der Waals surface area contributed by atoms with E-state index in [1.807, 2.05) is 25.1 Å². The quantitative estimate of drug-likeness (QED) is 0.283. The number of carbonyl (C=O) groups excluding carboxylic acids is 2. The molecule has 0 radical (unpaired) electrons. The molecule has 3 aromatic carbocycles. The summed E-state index contributed by atoms with van der Waals surface area (Å²) in [7, 11) is 0. The van der Waals surface area contributed by atoms with E-state index in [1.54, 1.807) is 48.5 Å². The summed E-state index contributed by atoms with van der Waals surface area (Å²) < 4.78 is 11.3. The molecule has 0 aliphatic carbocycles. The molecule has 1 saturated heterocycles. The molecule has 2 heterocycles. The Labute approximate surface area is 208 Å². The fourth-order valence-corrected chi connectivity index (χ4v) is 4.83. The van der Waals surface area contributed by atoms with Crippen LogP contribution in [0.2, 0.25) is 5.02 Å². The first-order chi connectivity index (χ1) is 17.0. The highest BCUT2D eigenvalue weighted by molar-refractivity contribution is 6.51. The number of ether oxygens (including phenoxy) is 2. The average molecular weight is 490 g/mol. The van der Waals surface area contributed by atoms with Crippen LogP contribution in [0.5, 0.6) is 11.5 Å². The lowest BCUT2D eigenvalue weighted by Crippen LogP contribution is -2.29. The number of aryl methyl sites for hydroxylation is 1. The Bertz CT molecular complexity index is 1350. The number of benzene rings is 3. The molecule has 1 atom stereocenters. The maximum Gasteiger partial charge on any atom is 0.300 e. The molecule has 3 aromatic rings. The number of anilines is 1.